The third-order valence-corrected chi connectivity index (χ3v) is 7.48. The van der Waals surface area contributed by atoms with Crippen LogP contribution in [0.2, 0.25) is 0 Å². The van der Waals surface area contributed by atoms with Crippen molar-refractivity contribution in [3.05, 3.63) is 30.4 Å². The molecule has 26 heavy (non-hydrogen) atoms. The van der Waals surface area contributed by atoms with Crippen LogP contribution in [0.1, 0.15) is 19.8 Å². The molecular formula is C19H20N2O3S2. The third-order valence-electron chi connectivity index (χ3n) is 5.11. The lowest BCUT2D eigenvalue weighted by atomic mass is 9.82. The molecule has 2 aliphatic carbocycles. The molecule has 1 fully saturated rings. The Bertz CT molecular complexity index is 892. The van der Waals surface area contributed by atoms with Gasteiger partial charge in [-0.2, -0.15) is 0 Å². The lowest BCUT2D eigenvalue weighted by molar-refractivity contribution is -0.146. The van der Waals surface area contributed by atoms with E-state index in [1.54, 1.807) is 23.1 Å². The first-order valence-corrected chi connectivity index (χ1v) is 10.6. The molecule has 4 rings (SSSR count). The standard InChI is InChI=1S/C19H20N2O3S2/c1-2-7-25-19-21-13-6-5-12(9-14(13)26-19)20-17(22)15-10-3-4-11(8-10)16(15)18(23)24/h3-6,9-11,15-16H,2,7-8H2,1H3,(H,20,22)(H,23,24)/t10-,11-,15+,16-/m0/s1. The van der Waals surface area contributed by atoms with Crippen molar-refractivity contribution < 1.29 is 14.7 Å². The maximum atomic E-state index is 12.8. The molecule has 0 aliphatic heterocycles. The summed E-state index contributed by atoms with van der Waals surface area (Å²) >= 11 is 3.37. The number of carboxylic acid groups (broad SMARTS) is 1. The van der Waals surface area contributed by atoms with Gasteiger partial charge in [0, 0.05) is 11.4 Å². The van der Waals surface area contributed by atoms with Gasteiger partial charge in [0.25, 0.3) is 0 Å². The van der Waals surface area contributed by atoms with Crippen molar-refractivity contribution in [2.75, 3.05) is 11.1 Å². The molecule has 0 radical (unpaired) electrons. The first kappa shape index (κ1) is 17.5. The molecular weight excluding hydrogens is 368 g/mol. The van der Waals surface area contributed by atoms with E-state index < -0.39 is 17.8 Å². The first-order valence-electron chi connectivity index (χ1n) is 8.82. The Hall–Kier alpha value is -1.86. The SMILES string of the molecule is CCCSc1nc2ccc(NC(=O)[C@H]3[C@@H](C(=O)O)[C@H]4C=C[C@H]3C4)cc2s1. The van der Waals surface area contributed by atoms with Crippen molar-refractivity contribution >= 4 is 50.9 Å². The summed E-state index contributed by atoms with van der Waals surface area (Å²) in [6.45, 7) is 2.14. The van der Waals surface area contributed by atoms with Gasteiger partial charge in [0.2, 0.25) is 5.91 Å². The van der Waals surface area contributed by atoms with E-state index in [1.165, 1.54) is 0 Å². The van der Waals surface area contributed by atoms with Crippen LogP contribution in [0.15, 0.2) is 34.7 Å². The number of aliphatic carboxylic acids is 1. The smallest absolute Gasteiger partial charge is 0.307 e. The van der Waals surface area contributed by atoms with Gasteiger partial charge in [-0.25, -0.2) is 4.98 Å². The van der Waals surface area contributed by atoms with Crippen molar-refractivity contribution in [1.29, 1.82) is 0 Å². The number of amides is 1. The lowest BCUT2D eigenvalue weighted by Crippen LogP contribution is -2.36. The van der Waals surface area contributed by atoms with Gasteiger partial charge >= 0.3 is 5.97 Å². The quantitative estimate of drug-likeness (QED) is 0.571. The van der Waals surface area contributed by atoms with E-state index in [-0.39, 0.29) is 17.7 Å². The molecule has 2 bridgehead atoms. The van der Waals surface area contributed by atoms with Crippen molar-refractivity contribution in [2.24, 2.45) is 23.7 Å². The van der Waals surface area contributed by atoms with Crippen LogP contribution in [0, 0.1) is 23.7 Å². The molecule has 1 aromatic carbocycles. The number of benzene rings is 1. The van der Waals surface area contributed by atoms with Crippen LogP contribution >= 0.6 is 23.1 Å². The van der Waals surface area contributed by atoms with E-state index in [9.17, 15) is 14.7 Å². The van der Waals surface area contributed by atoms with Gasteiger partial charge in [-0.1, -0.05) is 30.8 Å². The van der Waals surface area contributed by atoms with Crippen LogP contribution < -0.4 is 5.32 Å². The average Bonchev–Trinajstić information content (AvgIpc) is 3.32. The number of nitrogens with zero attached hydrogens (tertiary/aromatic N) is 1. The summed E-state index contributed by atoms with van der Waals surface area (Å²) in [7, 11) is 0. The van der Waals surface area contributed by atoms with E-state index in [2.05, 4.69) is 17.2 Å². The number of nitrogens with one attached hydrogen (secondary N) is 1. The predicted molar refractivity (Wildman–Crippen MR) is 105 cm³/mol. The number of rotatable bonds is 6. The van der Waals surface area contributed by atoms with Gasteiger partial charge in [-0.3, -0.25) is 9.59 Å². The van der Waals surface area contributed by atoms with Gasteiger partial charge in [-0.15, -0.1) is 11.3 Å². The summed E-state index contributed by atoms with van der Waals surface area (Å²) in [6, 6.07) is 5.68. The number of anilines is 1. The molecule has 1 saturated carbocycles. The molecule has 7 heteroatoms. The molecule has 136 valence electrons. The fourth-order valence-corrected chi connectivity index (χ4v) is 6.01. The molecule has 2 aromatic rings. The van der Waals surface area contributed by atoms with Gasteiger partial charge in [-0.05, 0) is 42.9 Å². The number of thiazole rings is 1. The van der Waals surface area contributed by atoms with Crippen LogP contribution in [0.25, 0.3) is 10.2 Å². The molecule has 1 heterocycles. The summed E-state index contributed by atoms with van der Waals surface area (Å²) in [4.78, 5) is 29.0. The number of hydrogen-bond acceptors (Lipinski definition) is 5. The molecule has 5 nitrogen and oxygen atoms in total. The molecule has 1 aromatic heterocycles. The fourth-order valence-electron chi connectivity index (χ4n) is 3.97. The van der Waals surface area contributed by atoms with E-state index in [1.807, 2.05) is 30.4 Å². The summed E-state index contributed by atoms with van der Waals surface area (Å²) in [5.41, 5.74) is 1.63. The second kappa shape index (κ2) is 7.04. The van der Waals surface area contributed by atoms with E-state index >= 15 is 0 Å². The molecule has 2 N–H and O–H groups in total. The van der Waals surface area contributed by atoms with Gasteiger partial charge in [0.05, 0.1) is 22.1 Å². The molecule has 0 spiro atoms. The number of carbonyl (C=O) groups excluding carboxylic acids is 1. The monoisotopic (exact) mass is 388 g/mol. The normalized spacial score (nSPS) is 26.5. The summed E-state index contributed by atoms with van der Waals surface area (Å²) < 4.78 is 2.07. The highest BCUT2D eigenvalue weighted by Gasteiger charge is 2.51. The zero-order valence-electron chi connectivity index (χ0n) is 14.3. The predicted octanol–water partition coefficient (Wildman–Crippen LogP) is 4.26. The number of carbonyl (C=O) groups is 2. The molecule has 2 aliphatic rings. The van der Waals surface area contributed by atoms with Gasteiger partial charge in [0.1, 0.15) is 0 Å². The van der Waals surface area contributed by atoms with Crippen molar-refractivity contribution in [3.63, 3.8) is 0 Å². The molecule has 1 amide bonds. The Labute approximate surface area is 159 Å². The van der Waals surface area contributed by atoms with Crippen molar-refractivity contribution in [1.82, 2.24) is 4.98 Å². The minimum absolute atomic E-state index is 0.0182. The number of thioether (sulfide) groups is 1. The summed E-state index contributed by atoms with van der Waals surface area (Å²) in [5, 5.41) is 12.4. The van der Waals surface area contributed by atoms with Crippen molar-refractivity contribution in [3.8, 4) is 0 Å². The minimum atomic E-state index is -0.877. The van der Waals surface area contributed by atoms with Crippen LogP contribution in [0.5, 0.6) is 0 Å². The van der Waals surface area contributed by atoms with E-state index in [0.717, 1.165) is 33.2 Å². The Balaban J connectivity index is 1.52. The fraction of sp³-hybridized carbons (Fsp3) is 0.421. The highest BCUT2D eigenvalue weighted by Crippen LogP contribution is 2.48. The first-order chi connectivity index (χ1) is 12.6. The summed E-state index contributed by atoms with van der Waals surface area (Å²) in [6.07, 6.45) is 5.82. The van der Waals surface area contributed by atoms with Crippen LogP contribution in [0.3, 0.4) is 0 Å². The zero-order chi connectivity index (χ0) is 18.3. The zero-order valence-corrected chi connectivity index (χ0v) is 16.0. The number of carboxylic acids is 1. The largest absolute Gasteiger partial charge is 0.481 e. The number of fused-ring (bicyclic) bond motifs is 3. The maximum absolute atomic E-state index is 12.8. The second-order valence-electron chi connectivity index (χ2n) is 6.84. The van der Waals surface area contributed by atoms with Crippen LogP contribution in [-0.4, -0.2) is 27.7 Å². The molecule has 0 saturated heterocycles. The number of hydrogen-bond donors (Lipinski definition) is 2. The van der Waals surface area contributed by atoms with Crippen molar-refractivity contribution in [2.45, 2.75) is 24.1 Å². The Morgan fingerprint density at radius 3 is 2.81 bits per heavy atom. The minimum Gasteiger partial charge on any atom is -0.481 e. The highest BCUT2D eigenvalue weighted by molar-refractivity contribution is 8.01. The second-order valence-corrected chi connectivity index (χ2v) is 9.21. The Morgan fingerprint density at radius 1 is 1.31 bits per heavy atom. The topological polar surface area (TPSA) is 79.3 Å². The van der Waals surface area contributed by atoms with Crippen LogP contribution in [-0.2, 0) is 9.59 Å². The number of aromatic nitrogens is 1. The Kier molecular flexibility index (Phi) is 4.75. The van der Waals surface area contributed by atoms with Gasteiger partial charge in [0.15, 0.2) is 4.34 Å². The maximum Gasteiger partial charge on any atom is 0.307 e. The third kappa shape index (κ3) is 3.14. The average molecular weight is 389 g/mol. The highest BCUT2D eigenvalue weighted by atomic mass is 32.2. The van der Waals surface area contributed by atoms with E-state index in [0.29, 0.717) is 5.69 Å². The Morgan fingerprint density at radius 2 is 2.08 bits per heavy atom. The lowest BCUT2D eigenvalue weighted by Gasteiger charge is -2.23. The summed E-state index contributed by atoms with van der Waals surface area (Å²) in [5.74, 6) is -1.13. The van der Waals surface area contributed by atoms with Crippen LogP contribution in [0.4, 0.5) is 5.69 Å². The molecule has 4 atom stereocenters. The number of allylic oxidation sites excluding steroid dienone is 2. The van der Waals surface area contributed by atoms with E-state index in [4.69, 9.17) is 0 Å². The molecule has 0 unspecified atom stereocenters. The van der Waals surface area contributed by atoms with Gasteiger partial charge < -0.3 is 10.4 Å².